The van der Waals surface area contributed by atoms with Gasteiger partial charge in [-0.25, -0.2) is 17.2 Å². The lowest BCUT2D eigenvalue weighted by Gasteiger charge is -2.40. The van der Waals surface area contributed by atoms with E-state index in [4.69, 9.17) is 0 Å². The molecule has 0 heterocycles. The Morgan fingerprint density at radius 1 is 1.07 bits per heavy atom. The van der Waals surface area contributed by atoms with Crippen molar-refractivity contribution in [2.24, 2.45) is 5.92 Å². The second-order valence-corrected chi connectivity index (χ2v) is 10.4. The van der Waals surface area contributed by atoms with Crippen LogP contribution in [-0.2, 0) is 19.4 Å². The van der Waals surface area contributed by atoms with Gasteiger partial charge in [-0.3, -0.25) is 0 Å². The summed E-state index contributed by atoms with van der Waals surface area (Å²) in [5.41, 5.74) is 0.825. The molecule has 29 heavy (non-hydrogen) atoms. The molecule has 0 bridgehead atoms. The number of rotatable bonds is 6. The molecular formula is C23H26F2O3S. The molecule has 156 valence electrons. The quantitative estimate of drug-likeness (QED) is 0.620. The molecule has 0 unspecified atom stereocenters. The summed E-state index contributed by atoms with van der Waals surface area (Å²) in [5, 5.41) is 0. The molecule has 2 aromatic rings. The van der Waals surface area contributed by atoms with E-state index in [1.165, 1.54) is 19.1 Å². The monoisotopic (exact) mass is 420 g/mol. The fourth-order valence-corrected chi connectivity index (χ4v) is 6.48. The van der Waals surface area contributed by atoms with Crippen molar-refractivity contribution in [1.82, 2.24) is 0 Å². The lowest BCUT2D eigenvalue weighted by molar-refractivity contribution is -0.117. The van der Waals surface area contributed by atoms with Crippen LogP contribution >= 0.6 is 0 Å². The minimum absolute atomic E-state index is 0.0944. The third kappa shape index (κ3) is 4.27. The topological polar surface area (TPSA) is 51.2 Å². The van der Waals surface area contributed by atoms with E-state index in [2.05, 4.69) is 0 Å². The first-order chi connectivity index (χ1) is 13.7. The highest BCUT2D eigenvalue weighted by Crippen LogP contribution is 2.49. The molecule has 0 atom stereocenters. The standard InChI is InChI=1S/C23H26F2O3S/c1-16-3-8-20(9-4-16)29(27,28)23(21-15-19(24)7-10-22(21)25)13-11-18(12-14-23)6-5-17(2)26/h3-4,7-10,15,18H,5-6,11-14H2,1-2H3/t18-,23+. The zero-order chi connectivity index (χ0) is 21.2. The van der Waals surface area contributed by atoms with Crippen molar-refractivity contribution in [3.8, 4) is 0 Å². The number of sulfone groups is 1. The van der Waals surface area contributed by atoms with Crippen molar-refractivity contribution < 1.29 is 22.0 Å². The summed E-state index contributed by atoms with van der Waals surface area (Å²) in [6.45, 7) is 3.40. The van der Waals surface area contributed by atoms with E-state index in [0.29, 0.717) is 25.7 Å². The molecule has 0 radical (unpaired) electrons. The number of halogens is 2. The van der Waals surface area contributed by atoms with E-state index in [-0.39, 0.29) is 35.0 Å². The molecule has 3 nitrogen and oxygen atoms in total. The molecule has 1 aliphatic carbocycles. The van der Waals surface area contributed by atoms with Gasteiger partial charge in [0.25, 0.3) is 0 Å². The van der Waals surface area contributed by atoms with Gasteiger partial charge in [0, 0.05) is 12.0 Å². The Kier molecular flexibility index (Phi) is 6.22. The Morgan fingerprint density at radius 2 is 1.69 bits per heavy atom. The van der Waals surface area contributed by atoms with E-state index in [9.17, 15) is 22.0 Å². The smallest absolute Gasteiger partial charge is 0.188 e. The molecular weight excluding hydrogens is 394 g/mol. The number of aryl methyl sites for hydroxylation is 1. The predicted octanol–water partition coefficient (Wildman–Crippen LogP) is 5.50. The Balaban J connectivity index is 2.05. The van der Waals surface area contributed by atoms with Gasteiger partial charge in [-0.1, -0.05) is 17.7 Å². The predicted molar refractivity (Wildman–Crippen MR) is 108 cm³/mol. The van der Waals surface area contributed by atoms with Crippen LogP contribution in [-0.4, -0.2) is 14.2 Å². The molecule has 0 N–H and O–H groups in total. The number of hydrogen-bond acceptors (Lipinski definition) is 3. The van der Waals surface area contributed by atoms with Gasteiger partial charge in [-0.15, -0.1) is 0 Å². The SMILES string of the molecule is CC(=O)CC[C@H]1CC[C@@](c2cc(F)ccc2F)(S(=O)(=O)c2ccc(C)cc2)CC1. The normalized spacial score (nSPS) is 22.4. The third-order valence-corrected chi connectivity index (χ3v) is 8.63. The number of carbonyl (C=O) groups excluding carboxylic acids is 1. The number of Topliss-reactive ketones (excluding diaryl/α,β-unsaturated/α-hetero) is 1. The first kappa shape index (κ1) is 21.6. The molecule has 0 spiro atoms. The lowest BCUT2D eigenvalue weighted by atomic mass is 9.76. The van der Waals surface area contributed by atoms with Crippen LogP contribution < -0.4 is 0 Å². The van der Waals surface area contributed by atoms with Gasteiger partial charge in [-0.05, 0) is 82.2 Å². The van der Waals surface area contributed by atoms with Gasteiger partial charge < -0.3 is 4.79 Å². The highest BCUT2D eigenvalue weighted by Gasteiger charge is 2.49. The molecule has 3 rings (SSSR count). The van der Waals surface area contributed by atoms with Crippen LogP contribution in [0.15, 0.2) is 47.4 Å². The van der Waals surface area contributed by atoms with Crippen molar-refractivity contribution >= 4 is 15.6 Å². The van der Waals surface area contributed by atoms with Gasteiger partial charge in [0.15, 0.2) is 9.84 Å². The molecule has 0 amide bonds. The van der Waals surface area contributed by atoms with E-state index in [0.717, 1.165) is 23.8 Å². The minimum Gasteiger partial charge on any atom is -0.300 e. The van der Waals surface area contributed by atoms with E-state index in [1.54, 1.807) is 12.1 Å². The number of benzene rings is 2. The maximum Gasteiger partial charge on any atom is 0.188 e. The molecule has 0 aromatic heterocycles. The van der Waals surface area contributed by atoms with Crippen LogP contribution in [0.3, 0.4) is 0 Å². The van der Waals surface area contributed by atoms with Crippen molar-refractivity contribution in [1.29, 1.82) is 0 Å². The second kappa shape index (κ2) is 8.34. The largest absolute Gasteiger partial charge is 0.300 e. The number of hydrogen-bond donors (Lipinski definition) is 0. The Bertz CT molecular complexity index is 989. The van der Waals surface area contributed by atoms with Crippen molar-refractivity contribution in [2.45, 2.75) is 62.0 Å². The van der Waals surface area contributed by atoms with Crippen LogP contribution in [0.4, 0.5) is 8.78 Å². The Morgan fingerprint density at radius 3 is 2.28 bits per heavy atom. The van der Waals surface area contributed by atoms with Crippen molar-refractivity contribution in [3.05, 3.63) is 65.2 Å². The Hall–Kier alpha value is -2.08. The summed E-state index contributed by atoms with van der Waals surface area (Å²) < 4.78 is 54.7. The highest BCUT2D eigenvalue weighted by atomic mass is 32.2. The van der Waals surface area contributed by atoms with Gasteiger partial charge in [0.05, 0.1) is 4.90 Å². The second-order valence-electron chi connectivity index (χ2n) is 8.12. The zero-order valence-electron chi connectivity index (χ0n) is 16.8. The fourth-order valence-electron chi connectivity index (χ4n) is 4.31. The average molecular weight is 421 g/mol. The number of ketones is 1. The summed E-state index contributed by atoms with van der Waals surface area (Å²) in [7, 11) is -3.96. The molecule has 6 heteroatoms. The molecule has 2 aromatic carbocycles. The van der Waals surface area contributed by atoms with Crippen LogP contribution in [0.1, 0.15) is 56.6 Å². The van der Waals surface area contributed by atoms with Crippen molar-refractivity contribution in [3.63, 3.8) is 0 Å². The summed E-state index contributed by atoms with van der Waals surface area (Å²) >= 11 is 0. The van der Waals surface area contributed by atoms with E-state index < -0.39 is 26.2 Å². The van der Waals surface area contributed by atoms with Gasteiger partial charge in [0.1, 0.15) is 22.2 Å². The van der Waals surface area contributed by atoms with Crippen LogP contribution in [0.25, 0.3) is 0 Å². The highest BCUT2D eigenvalue weighted by molar-refractivity contribution is 7.92. The first-order valence-corrected chi connectivity index (χ1v) is 11.4. The maximum atomic E-state index is 14.8. The van der Waals surface area contributed by atoms with Gasteiger partial charge in [0.2, 0.25) is 0 Å². The first-order valence-electron chi connectivity index (χ1n) is 9.92. The van der Waals surface area contributed by atoms with Crippen LogP contribution in [0.2, 0.25) is 0 Å². The number of carbonyl (C=O) groups is 1. The van der Waals surface area contributed by atoms with Gasteiger partial charge >= 0.3 is 0 Å². The molecule has 1 saturated carbocycles. The third-order valence-electron chi connectivity index (χ3n) is 6.08. The van der Waals surface area contributed by atoms with Crippen LogP contribution in [0, 0.1) is 24.5 Å². The molecule has 0 saturated heterocycles. The summed E-state index contributed by atoms with van der Waals surface area (Å²) in [5.74, 6) is -1.05. The van der Waals surface area contributed by atoms with E-state index in [1.807, 2.05) is 6.92 Å². The van der Waals surface area contributed by atoms with Crippen molar-refractivity contribution in [2.75, 3.05) is 0 Å². The maximum absolute atomic E-state index is 14.8. The zero-order valence-corrected chi connectivity index (χ0v) is 17.6. The molecule has 1 fully saturated rings. The summed E-state index contributed by atoms with van der Waals surface area (Å²) in [6.07, 6.45) is 2.65. The minimum atomic E-state index is -3.96. The average Bonchev–Trinajstić information content (AvgIpc) is 2.69. The fraction of sp³-hybridized carbons (Fsp3) is 0.435. The Labute approximate surface area is 171 Å². The molecule has 0 aliphatic heterocycles. The van der Waals surface area contributed by atoms with E-state index >= 15 is 0 Å². The summed E-state index contributed by atoms with van der Waals surface area (Å²) in [4.78, 5) is 11.4. The summed E-state index contributed by atoms with van der Waals surface area (Å²) in [6, 6.07) is 9.51. The van der Waals surface area contributed by atoms with Gasteiger partial charge in [-0.2, -0.15) is 0 Å². The molecule has 1 aliphatic rings. The van der Waals surface area contributed by atoms with Crippen LogP contribution in [0.5, 0.6) is 0 Å². The lowest BCUT2D eigenvalue weighted by Crippen LogP contribution is -2.40.